The SMILES string of the molecule is COCCN(CC(=O)Nc1ccccc1SC)Cc1nc2ccccc2c(=O)[nH]1. The number of H-pyrrole nitrogens is 1. The number of anilines is 1. The fourth-order valence-corrected chi connectivity index (χ4v) is 3.55. The molecule has 1 amide bonds. The van der Waals surface area contributed by atoms with Crippen molar-refractivity contribution >= 4 is 34.3 Å². The standard InChI is InChI=1S/C21H24N4O3S/c1-28-12-11-25(14-20(26)23-17-9-5-6-10-18(17)29-2)13-19-22-16-8-4-3-7-15(16)21(27)24-19/h3-10H,11-14H2,1-2H3,(H,23,26)(H,22,24,27). The second-order valence-electron chi connectivity index (χ2n) is 6.48. The highest BCUT2D eigenvalue weighted by molar-refractivity contribution is 7.98. The molecule has 2 N–H and O–H groups in total. The first-order chi connectivity index (χ1) is 14.1. The highest BCUT2D eigenvalue weighted by Crippen LogP contribution is 2.24. The Morgan fingerprint density at radius 3 is 2.76 bits per heavy atom. The van der Waals surface area contributed by atoms with Gasteiger partial charge in [-0.1, -0.05) is 24.3 Å². The predicted octanol–water partition coefficient (Wildman–Crippen LogP) is 2.73. The average molecular weight is 413 g/mol. The van der Waals surface area contributed by atoms with Gasteiger partial charge in [-0.05, 0) is 30.5 Å². The zero-order chi connectivity index (χ0) is 20.6. The molecule has 0 spiro atoms. The minimum absolute atomic E-state index is 0.134. The van der Waals surface area contributed by atoms with Crippen LogP contribution < -0.4 is 10.9 Å². The number of hydrogen-bond acceptors (Lipinski definition) is 6. The molecule has 0 aliphatic rings. The molecule has 3 rings (SSSR count). The molecule has 1 heterocycles. The van der Waals surface area contributed by atoms with Crippen molar-refractivity contribution in [2.75, 3.05) is 38.4 Å². The highest BCUT2D eigenvalue weighted by atomic mass is 32.2. The number of rotatable bonds is 9. The van der Waals surface area contributed by atoms with Crippen molar-refractivity contribution in [1.82, 2.24) is 14.9 Å². The van der Waals surface area contributed by atoms with Crippen LogP contribution in [0.25, 0.3) is 10.9 Å². The van der Waals surface area contributed by atoms with E-state index in [9.17, 15) is 9.59 Å². The number of benzene rings is 2. The number of methoxy groups -OCH3 is 1. The minimum Gasteiger partial charge on any atom is -0.383 e. The van der Waals surface area contributed by atoms with Crippen molar-refractivity contribution < 1.29 is 9.53 Å². The third-order valence-corrected chi connectivity index (χ3v) is 5.19. The maximum absolute atomic E-state index is 12.6. The van der Waals surface area contributed by atoms with Crippen LogP contribution >= 0.6 is 11.8 Å². The van der Waals surface area contributed by atoms with Crippen LogP contribution in [-0.2, 0) is 16.1 Å². The summed E-state index contributed by atoms with van der Waals surface area (Å²) in [5.74, 6) is 0.382. The van der Waals surface area contributed by atoms with E-state index in [4.69, 9.17) is 4.74 Å². The number of amides is 1. The van der Waals surface area contributed by atoms with E-state index in [-0.39, 0.29) is 18.0 Å². The summed E-state index contributed by atoms with van der Waals surface area (Å²) < 4.78 is 5.17. The predicted molar refractivity (Wildman–Crippen MR) is 116 cm³/mol. The Morgan fingerprint density at radius 2 is 1.97 bits per heavy atom. The van der Waals surface area contributed by atoms with Gasteiger partial charge >= 0.3 is 0 Å². The van der Waals surface area contributed by atoms with E-state index in [1.807, 2.05) is 41.5 Å². The maximum atomic E-state index is 12.6. The van der Waals surface area contributed by atoms with Crippen molar-refractivity contribution in [1.29, 1.82) is 0 Å². The summed E-state index contributed by atoms with van der Waals surface area (Å²) in [5.41, 5.74) is 1.24. The van der Waals surface area contributed by atoms with Crippen molar-refractivity contribution in [2.24, 2.45) is 0 Å². The van der Waals surface area contributed by atoms with Gasteiger partial charge in [-0.3, -0.25) is 14.5 Å². The Hall–Kier alpha value is -2.68. The van der Waals surface area contributed by atoms with Crippen LogP contribution in [0.3, 0.4) is 0 Å². The first kappa shape index (κ1) is 21.0. The monoisotopic (exact) mass is 412 g/mol. The number of aromatic amines is 1. The lowest BCUT2D eigenvalue weighted by atomic mass is 10.2. The molecule has 0 radical (unpaired) electrons. The van der Waals surface area contributed by atoms with Crippen LogP contribution in [0.2, 0.25) is 0 Å². The Morgan fingerprint density at radius 1 is 1.21 bits per heavy atom. The second-order valence-corrected chi connectivity index (χ2v) is 7.33. The van der Waals surface area contributed by atoms with Crippen molar-refractivity contribution in [2.45, 2.75) is 11.4 Å². The molecular weight excluding hydrogens is 388 g/mol. The zero-order valence-corrected chi connectivity index (χ0v) is 17.3. The number of para-hydroxylation sites is 2. The van der Waals surface area contributed by atoms with Crippen LogP contribution in [0, 0.1) is 0 Å². The smallest absolute Gasteiger partial charge is 0.258 e. The van der Waals surface area contributed by atoms with E-state index < -0.39 is 0 Å². The van der Waals surface area contributed by atoms with E-state index in [0.717, 1.165) is 10.6 Å². The third kappa shape index (κ3) is 5.66. The number of nitrogens with zero attached hydrogens (tertiary/aromatic N) is 2. The maximum Gasteiger partial charge on any atom is 0.258 e. The van der Waals surface area contributed by atoms with Gasteiger partial charge in [-0.15, -0.1) is 11.8 Å². The molecule has 8 heteroatoms. The summed E-state index contributed by atoms with van der Waals surface area (Å²) in [5, 5.41) is 3.51. The number of nitrogens with one attached hydrogen (secondary N) is 2. The Bertz CT molecular complexity index is 1040. The Labute approximate surface area is 173 Å². The quantitative estimate of drug-likeness (QED) is 0.526. The summed E-state index contributed by atoms with van der Waals surface area (Å²) in [6, 6.07) is 14.9. The van der Waals surface area contributed by atoms with Gasteiger partial charge < -0.3 is 15.0 Å². The Balaban J connectivity index is 1.74. The lowest BCUT2D eigenvalue weighted by Gasteiger charge is -2.21. The largest absolute Gasteiger partial charge is 0.383 e. The lowest BCUT2D eigenvalue weighted by molar-refractivity contribution is -0.117. The molecule has 0 aliphatic carbocycles. The number of aromatic nitrogens is 2. The van der Waals surface area contributed by atoms with E-state index >= 15 is 0 Å². The molecule has 0 unspecified atom stereocenters. The molecule has 29 heavy (non-hydrogen) atoms. The van der Waals surface area contributed by atoms with Crippen molar-refractivity contribution in [3.05, 3.63) is 64.7 Å². The third-order valence-electron chi connectivity index (χ3n) is 4.40. The summed E-state index contributed by atoms with van der Waals surface area (Å²) in [7, 11) is 1.61. The van der Waals surface area contributed by atoms with Crippen molar-refractivity contribution in [3.63, 3.8) is 0 Å². The van der Waals surface area contributed by atoms with Crippen LogP contribution in [0.1, 0.15) is 5.82 Å². The molecule has 0 fully saturated rings. The van der Waals surface area contributed by atoms with Crippen LogP contribution in [0.15, 0.2) is 58.2 Å². The molecule has 3 aromatic rings. The highest BCUT2D eigenvalue weighted by Gasteiger charge is 2.15. The van der Waals surface area contributed by atoms with Crippen LogP contribution in [0.5, 0.6) is 0 Å². The molecule has 0 bridgehead atoms. The fraction of sp³-hybridized carbons (Fsp3) is 0.286. The van der Waals surface area contributed by atoms with E-state index in [0.29, 0.717) is 36.4 Å². The minimum atomic E-state index is -0.185. The molecule has 7 nitrogen and oxygen atoms in total. The normalized spacial score (nSPS) is 11.1. The van der Waals surface area contributed by atoms with Crippen LogP contribution in [0.4, 0.5) is 5.69 Å². The van der Waals surface area contributed by atoms with Crippen LogP contribution in [-0.4, -0.2) is 53.8 Å². The number of thioether (sulfide) groups is 1. The van der Waals surface area contributed by atoms with Gasteiger partial charge in [-0.25, -0.2) is 4.98 Å². The number of carbonyl (C=O) groups is 1. The second kappa shape index (κ2) is 10.2. The van der Waals surface area contributed by atoms with E-state index in [1.165, 1.54) is 0 Å². The van der Waals surface area contributed by atoms with Gasteiger partial charge in [0.1, 0.15) is 5.82 Å². The molecule has 0 saturated carbocycles. The lowest BCUT2D eigenvalue weighted by Crippen LogP contribution is -2.36. The number of hydrogen-bond donors (Lipinski definition) is 2. The van der Waals surface area contributed by atoms with E-state index in [2.05, 4.69) is 15.3 Å². The van der Waals surface area contributed by atoms with Gasteiger partial charge in [0.15, 0.2) is 0 Å². The van der Waals surface area contributed by atoms with Gasteiger partial charge in [-0.2, -0.15) is 0 Å². The Kier molecular flexibility index (Phi) is 7.40. The molecular formula is C21H24N4O3S. The number of fused-ring (bicyclic) bond motifs is 1. The summed E-state index contributed by atoms with van der Waals surface area (Å²) in [4.78, 5) is 35.2. The zero-order valence-electron chi connectivity index (χ0n) is 16.5. The topological polar surface area (TPSA) is 87.3 Å². The summed E-state index contributed by atoms with van der Waals surface area (Å²) in [6.45, 7) is 1.49. The molecule has 0 aliphatic heterocycles. The van der Waals surface area contributed by atoms with Gasteiger partial charge in [0.05, 0.1) is 36.3 Å². The van der Waals surface area contributed by atoms with Gasteiger partial charge in [0.25, 0.3) is 5.56 Å². The molecule has 152 valence electrons. The molecule has 1 aromatic heterocycles. The first-order valence-electron chi connectivity index (χ1n) is 9.23. The van der Waals surface area contributed by atoms with Crippen molar-refractivity contribution in [3.8, 4) is 0 Å². The van der Waals surface area contributed by atoms with Gasteiger partial charge in [0, 0.05) is 18.6 Å². The fourth-order valence-electron chi connectivity index (χ4n) is 3.00. The summed E-state index contributed by atoms with van der Waals surface area (Å²) in [6.07, 6.45) is 1.97. The van der Waals surface area contributed by atoms with E-state index in [1.54, 1.807) is 37.1 Å². The van der Waals surface area contributed by atoms with Gasteiger partial charge in [0.2, 0.25) is 5.91 Å². The molecule has 2 aromatic carbocycles. The number of ether oxygens (including phenoxy) is 1. The average Bonchev–Trinajstić information content (AvgIpc) is 2.72. The number of carbonyl (C=O) groups excluding carboxylic acids is 1. The summed E-state index contributed by atoms with van der Waals surface area (Å²) >= 11 is 1.58. The first-order valence-corrected chi connectivity index (χ1v) is 10.4. The molecule has 0 atom stereocenters. The molecule has 0 saturated heterocycles.